The van der Waals surface area contributed by atoms with Crippen molar-refractivity contribution in [3.05, 3.63) is 29.6 Å². The van der Waals surface area contributed by atoms with Gasteiger partial charge in [-0.15, -0.1) is 0 Å². The molecule has 0 aromatic carbocycles. The van der Waals surface area contributed by atoms with Crippen LogP contribution in [0.3, 0.4) is 0 Å². The molecule has 2 rings (SSSR count). The Morgan fingerprint density at radius 2 is 2.19 bits per heavy atom. The predicted molar refractivity (Wildman–Crippen MR) is 67.3 cm³/mol. The highest BCUT2D eigenvalue weighted by molar-refractivity contribution is 5.39. The first-order valence-corrected chi connectivity index (χ1v) is 6.13. The van der Waals surface area contributed by atoms with Gasteiger partial charge in [0.25, 0.3) is 0 Å². The first-order valence-electron chi connectivity index (χ1n) is 6.13. The molecule has 1 aromatic heterocycles. The van der Waals surface area contributed by atoms with E-state index in [0.29, 0.717) is 0 Å². The zero-order chi connectivity index (χ0) is 12.0. The van der Waals surface area contributed by atoms with Gasteiger partial charge in [-0.3, -0.25) is 4.98 Å². The van der Waals surface area contributed by atoms with Crippen LogP contribution in [-0.4, -0.2) is 11.0 Å². The molecule has 1 unspecified atom stereocenters. The molecular weight excluding hydrogens is 196 g/mol. The van der Waals surface area contributed by atoms with Crippen molar-refractivity contribution in [2.45, 2.75) is 52.0 Å². The second kappa shape index (κ2) is 3.56. The first-order chi connectivity index (χ1) is 7.43. The second-order valence-electron chi connectivity index (χ2n) is 5.90. The van der Waals surface area contributed by atoms with Gasteiger partial charge in [-0.25, -0.2) is 0 Å². The Balaban J connectivity index is 2.63. The molecule has 1 aliphatic carbocycles. The number of nitrogens with two attached hydrogens (primary N) is 1. The standard InChI is InChI=1S/C14H22N2/c1-5-14(13(2,3)4)11(15)9-10-7-6-8-16-12(10)14/h6-8,11H,5,9,15H2,1-4H3/t11-,14?/m1/s1. The van der Waals surface area contributed by atoms with Gasteiger partial charge in [-0.05, 0) is 29.9 Å². The summed E-state index contributed by atoms with van der Waals surface area (Å²) >= 11 is 0. The van der Waals surface area contributed by atoms with E-state index >= 15 is 0 Å². The molecule has 2 N–H and O–H groups in total. The zero-order valence-corrected chi connectivity index (χ0v) is 10.7. The molecule has 0 bridgehead atoms. The van der Waals surface area contributed by atoms with Gasteiger partial charge in [-0.1, -0.05) is 33.8 Å². The number of aromatic nitrogens is 1. The summed E-state index contributed by atoms with van der Waals surface area (Å²) in [5, 5.41) is 0. The summed E-state index contributed by atoms with van der Waals surface area (Å²) in [6, 6.07) is 4.38. The molecule has 88 valence electrons. The molecule has 2 atom stereocenters. The smallest absolute Gasteiger partial charge is 0.0518 e. The van der Waals surface area contributed by atoms with E-state index < -0.39 is 0 Å². The van der Waals surface area contributed by atoms with Crippen molar-refractivity contribution in [1.29, 1.82) is 0 Å². The molecule has 0 saturated heterocycles. The summed E-state index contributed by atoms with van der Waals surface area (Å²) in [5.74, 6) is 0. The molecule has 1 aliphatic rings. The van der Waals surface area contributed by atoms with Crippen LogP contribution in [0, 0.1) is 5.41 Å². The minimum Gasteiger partial charge on any atom is -0.327 e. The normalized spacial score (nSPS) is 29.2. The van der Waals surface area contributed by atoms with E-state index in [9.17, 15) is 0 Å². The number of rotatable bonds is 1. The van der Waals surface area contributed by atoms with Crippen LogP contribution in [0.2, 0.25) is 0 Å². The fourth-order valence-electron chi connectivity index (χ4n) is 3.46. The zero-order valence-electron chi connectivity index (χ0n) is 10.7. The molecule has 0 aliphatic heterocycles. The van der Waals surface area contributed by atoms with Gasteiger partial charge in [0.15, 0.2) is 0 Å². The largest absolute Gasteiger partial charge is 0.327 e. The summed E-state index contributed by atoms with van der Waals surface area (Å²) in [7, 11) is 0. The van der Waals surface area contributed by atoms with Crippen molar-refractivity contribution in [3.63, 3.8) is 0 Å². The van der Waals surface area contributed by atoms with Crippen LogP contribution in [0.5, 0.6) is 0 Å². The third-order valence-corrected chi connectivity index (χ3v) is 4.28. The minimum absolute atomic E-state index is 0.0313. The Morgan fingerprint density at radius 3 is 2.75 bits per heavy atom. The summed E-state index contributed by atoms with van der Waals surface area (Å²) in [6.45, 7) is 9.06. The minimum atomic E-state index is 0.0313. The van der Waals surface area contributed by atoms with Gasteiger partial charge in [0.2, 0.25) is 0 Å². The fraction of sp³-hybridized carbons (Fsp3) is 0.643. The van der Waals surface area contributed by atoms with Gasteiger partial charge < -0.3 is 5.73 Å². The lowest BCUT2D eigenvalue weighted by Gasteiger charge is -2.44. The summed E-state index contributed by atoms with van der Waals surface area (Å²) in [5.41, 5.74) is 9.18. The summed E-state index contributed by atoms with van der Waals surface area (Å²) in [6.07, 6.45) is 3.92. The van der Waals surface area contributed by atoms with Crippen LogP contribution in [0.25, 0.3) is 0 Å². The van der Waals surface area contributed by atoms with E-state index in [2.05, 4.69) is 38.7 Å². The summed E-state index contributed by atoms with van der Waals surface area (Å²) in [4.78, 5) is 4.62. The highest BCUT2D eigenvalue weighted by Gasteiger charge is 2.52. The molecule has 0 saturated carbocycles. The highest BCUT2D eigenvalue weighted by atomic mass is 14.8. The molecular formula is C14H22N2. The monoisotopic (exact) mass is 218 g/mol. The number of hydrogen-bond donors (Lipinski definition) is 1. The molecule has 2 heteroatoms. The average molecular weight is 218 g/mol. The lowest BCUT2D eigenvalue weighted by Crippen LogP contribution is -2.51. The van der Waals surface area contributed by atoms with Crippen molar-refractivity contribution in [2.24, 2.45) is 11.1 Å². The molecule has 1 heterocycles. The van der Waals surface area contributed by atoms with Gasteiger partial charge in [0.05, 0.1) is 5.69 Å². The van der Waals surface area contributed by atoms with E-state index in [1.54, 1.807) is 0 Å². The quantitative estimate of drug-likeness (QED) is 0.787. The molecule has 0 spiro atoms. The predicted octanol–water partition coefficient (Wildman–Crippen LogP) is 2.66. The molecule has 0 radical (unpaired) electrons. The maximum absolute atomic E-state index is 6.42. The van der Waals surface area contributed by atoms with Crippen LogP contribution >= 0.6 is 0 Å². The van der Waals surface area contributed by atoms with Gasteiger partial charge >= 0.3 is 0 Å². The van der Waals surface area contributed by atoms with Crippen LogP contribution < -0.4 is 5.73 Å². The molecule has 0 fully saturated rings. The number of pyridine rings is 1. The summed E-state index contributed by atoms with van der Waals surface area (Å²) < 4.78 is 0. The Kier molecular flexibility index (Phi) is 2.58. The van der Waals surface area contributed by atoms with Crippen molar-refractivity contribution < 1.29 is 0 Å². The highest BCUT2D eigenvalue weighted by Crippen LogP contribution is 2.50. The topological polar surface area (TPSA) is 38.9 Å². The molecule has 16 heavy (non-hydrogen) atoms. The van der Waals surface area contributed by atoms with Crippen molar-refractivity contribution in [2.75, 3.05) is 0 Å². The van der Waals surface area contributed by atoms with E-state index in [-0.39, 0.29) is 16.9 Å². The lowest BCUT2D eigenvalue weighted by molar-refractivity contribution is 0.147. The average Bonchev–Trinajstić information content (AvgIpc) is 2.49. The van der Waals surface area contributed by atoms with E-state index in [1.165, 1.54) is 11.3 Å². The van der Waals surface area contributed by atoms with Crippen molar-refractivity contribution in [1.82, 2.24) is 4.98 Å². The number of nitrogens with zero attached hydrogens (tertiary/aromatic N) is 1. The molecule has 2 nitrogen and oxygen atoms in total. The SMILES string of the molecule is CCC1(C(C)(C)C)c2ncccc2C[C@H]1N. The number of fused-ring (bicyclic) bond motifs is 1. The Hall–Kier alpha value is -0.890. The van der Waals surface area contributed by atoms with E-state index in [4.69, 9.17) is 5.73 Å². The third-order valence-electron chi connectivity index (χ3n) is 4.28. The first kappa shape index (κ1) is 11.6. The Morgan fingerprint density at radius 1 is 1.50 bits per heavy atom. The van der Waals surface area contributed by atoms with Crippen molar-refractivity contribution >= 4 is 0 Å². The fourth-order valence-corrected chi connectivity index (χ4v) is 3.46. The van der Waals surface area contributed by atoms with Crippen LogP contribution in [0.15, 0.2) is 18.3 Å². The van der Waals surface area contributed by atoms with Gasteiger partial charge in [0.1, 0.15) is 0 Å². The third kappa shape index (κ3) is 1.32. The number of hydrogen-bond acceptors (Lipinski definition) is 2. The van der Waals surface area contributed by atoms with Crippen molar-refractivity contribution in [3.8, 4) is 0 Å². The van der Waals surface area contributed by atoms with Gasteiger partial charge in [-0.2, -0.15) is 0 Å². The Labute approximate surface area is 98.3 Å². The van der Waals surface area contributed by atoms with E-state index in [1.807, 2.05) is 12.3 Å². The van der Waals surface area contributed by atoms with Crippen LogP contribution in [0.4, 0.5) is 0 Å². The maximum Gasteiger partial charge on any atom is 0.0518 e. The van der Waals surface area contributed by atoms with Gasteiger partial charge in [0, 0.05) is 17.7 Å². The lowest BCUT2D eigenvalue weighted by atomic mass is 9.61. The molecule has 1 aromatic rings. The second-order valence-corrected chi connectivity index (χ2v) is 5.90. The van der Waals surface area contributed by atoms with Crippen LogP contribution in [-0.2, 0) is 11.8 Å². The van der Waals surface area contributed by atoms with Crippen LogP contribution in [0.1, 0.15) is 45.4 Å². The van der Waals surface area contributed by atoms with E-state index in [0.717, 1.165) is 12.8 Å². The maximum atomic E-state index is 6.42. The molecule has 0 amide bonds. The Bertz CT molecular complexity index is 392.